The molecule has 6 heteroatoms. The first kappa shape index (κ1) is 14.4. The Bertz CT molecular complexity index is 554. The van der Waals surface area contributed by atoms with Gasteiger partial charge in [-0.3, -0.25) is 4.79 Å². The molecule has 1 fully saturated rings. The zero-order valence-electron chi connectivity index (χ0n) is 13.2. The number of carbonyl (C=O) groups is 1. The summed E-state index contributed by atoms with van der Waals surface area (Å²) >= 11 is 0. The van der Waals surface area contributed by atoms with Gasteiger partial charge in [-0.2, -0.15) is 5.10 Å². The molecular formula is C15H24N4O2. The van der Waals surface area contributed by atoms with E-state index in [1.165, 1.54) is 0 Å². The highest BCUT2D eigenvalue weighted by molar-refractivity contribution is 5.94. The van der Waals surface area contributed by atoms with Gasteiger partial charge in [0, 0.05) is 19.2 Å². The third-order valence-corrected chi connectivity index (χ3v) is 4.93. The Labute approximate surface area is 125 Å². The second-order valence-corrected chi connectivity index (χ2v) is 6.61. The van der Waals surface area contributed by atoms with Crippen LogP contribution in [0.25, 0.3) is 0 Å². The van der Waals surface area contributed by atoms with Crippen molar-refractivity contribution >= 4 is 11.7 Å². The first-order valence-corrected chi connectivity index (χ1v) is 7.66. The maximum absolute atomic E-state index is 12.2. The second-order valence-electron chi connectivity index (χ2n) is 6.61. The minimum atomic E-state index is -0.184. The van der Waals surface area contributed by atoms with Crippen LogP contribution in [0.4, 0.5) is 5.82 Å². The Balaban J connectivity index is 2.02. The molecule has 1 aromatic heterocycles. The number of nitrogens with zero attached hydrogens (tertiary/aromatic N) is 3. The number of aromatic nitrogens is 2. The van der Waals surface area contributed by atoms with Crippen molar-refractivity contribution in [3.05, 3.63) is 11.8 Å². The van der Waals surface area contributed by atoms with Crippen LogP contribution in [0.15, 0.2) is 6.07 Å². The number of morpholine rings is 1. The molecule has 3 rings (SSSR count). The van der Waals surface area contributed by atoms with Crippen molar-refractivity contribution in [3.8, 4) is 0 Å². The van der Waals surface area contributed by atoms with Crippen molar-refractivity contribution in [3.63, 3.8) is 0 Å². The third-order valence-electron chi connectivity index (χ3n) is 4.93. The molecular weight excluding hydrogens is 268 g/mol. The molecule has 6 nitrogen and oxygen atoms in total. The lowest BCUT2D eigenvalue weighted by atomic mass is 9.87. The van der Waals surface area contributed by atoms with Crippen molar-refractivity contribution in [1.82, 2.24) is 15.1 Å². The molecule has 21 heavy (non-hydrogen) atoms. The van der Waals surface area contributed by atoms with Crippen LogP contribution >= 0.6 is 0 Å². The number of amides is 1. The zero-order valence-corrected chi connectivity index (χ0v) is 13.2. The molecule has 0 aliphatic carbocycles. The fourth-order valence-electron chi connectivity index (χ4n) is 3.00. The summed E-state index contributed by atoms with van der Waals surface area (Å²) < 4.78 is 7.40. The summed E-state index contributed by atoms with van der Waals surface area (Å²) in [6, 6.07) is 2.20. The van der Waals surface area contributed by atoms with Crippen molar-refractivity contribution in [2.45, 2.75) is 39.3 Å². The van der Waals surface area contributed by atoms with Crippen LogP contribution in [-0.4, -0.2) is 48.0 Å². The summed E-state index contributed by atoms with van der Waals surface area (Å²) in [6.45, 7) is 11.5. The minimum Gasteiger partial charge on any atom is -0.377 e. The van der Waals surface area contributed by atoms with Gasteiger partial charge in [-0.1, -0.05) is 13.8 Å². The molecule has 2 aliphatic rings. The number of rotatable bonds is 2. The number of ether oxygens (including phenoxy) is 1. The van der Waals surface area contributed by atoms with Crippen LogP contribution in [0, 0.1) is 5.92 Å². The SMILES string of the molecule is CC(C)[C@@]1(C)CNC(=O)c2cc(N3CCOC[C@H]3C)nn21. The lowest BCUT2D eigenvalue weighted by Gasteiger charge is -2.38. The molecule has 2 atom stereocenters. The van der Waals surface area contributed by atoms with Crippen LogP contribution in [0.1, 0.15) is 38.2 Å². The smallest absolute Gasteiger partial charge is 0.269 e. The van der Waals surface area contributed by atoms with Crippen LogP contribution < -0.4 is 10.2 Å². The first-order chi connectivity index (χ1) is 9.93. The Morgan fingerprint density at radius 3 is 2.95 bits per heavy atom. The summed E-state index contributed by atoms with van der Waals surface area (Å²) in [6.07, 6.45) is 0. The molecule has 0 aromatic carbocycles. The van der Waals surface area contributed by atoms with Gasteiger partial charge in [-0.25, -0.2) is 4.68 Å². The molecule has 0 spiro atoms. The van der Waals surface area contributed by atoms with E-state index in [1.807, 2.05) is 10.7 Å². The maximum Gasteiger partial charge on any atom is 0.269 e. The quantitative estimate of drug-likeness (QED) is 0.890. The van der Waals surface area contributed by atoms with E-state index in [1.54, 1.807) is 0 Å². The molecule has 0 saturated carbocycles. The molecule has 1 N–H and O–H groups in total. The Morgan fingerprint density at radius 1 is 1.52 bits per heavy atom. The van der Waals surface area contributed by atoms with Crippen molar-refractivity contribution in [1.29, 1.82) is 0 Å². The van der Waals surface area contributed by atoms with E-state index in [0.717, 1.165) is 12.4 Å². The van der Waals surface area contributed by atoms with E-state index in [9.17, 15) is 4.79 Å². The van der Waals surface area contributed by atoms with E-state index in [0.29, 0.717) is 31.4 Å². The van der Waals surface area contributed by atoms with Gasteiger partial charge in [0.25, 0.3) is 5.91 Å². The molecule has 1 aromatic rings. The predicted octanol–water partition coefficient (Wildman–Crippen LogP) is 1.22. The Hall–Kier alpha value is -1.56. The van der Waals surface area contributed by atoms with Gasteiger partial charge in [-0.05, 0) is 19.8 Å². The topological polar surface area (TPSA) is 59.4 Å². The zero-order chi connectivity index (χ0) is 15.2. The van der Waals surface area contributed by atoms with Gasteiger partial charge in [0.1, 0.15) is 5.69 Å². The van der Waals surface area contributed by atoms with Crippen LogP contribution in [0.5, 0.6) is 0 Å². The Kier molecular flexibility index (Phi) is 3.43. The number of fused-ring (bicyclic) bond motifs is 1. The number of nitrogens with one attached hydrogen (secondary N) is 1. The van der Waals surface area contributed by atoms with Gasteiger partial charge >= 0.3 is 0 Å². The van der Waals surface area contributed by atoms with Gasteiger partial charge < -0.3 is 15.0 Å². The fraction of sp³-hybridized carbons (Fsp3) is 0.733. The highest BCUT2D eigenvalue weighted by Gasteiger charge is 2.40. The lowest BCUT2D eigenvalue weighted by molar-refractivity contribution is 0.0818. The van der Waals surface area contributed by atoms with Crippen LogP contribution in [-0.2, 0) is 10.3 Å². The van der Waals surface area contributed by atoms with Gasteiger partial charge in [0.05, 0.1) is 24.8 Å². The average molecular weight is 292 g/mol. The minimum absolute atomic E-state index is 0.0345. The summed E-state index contributed by atoms with van der Waals surface area (Å²) in [5.41, 5.74) is 0.475. The monoisotopic (exact) mass is 292 g/mol. The maximum atomic E-state index is 12.2. The summed E-state index contributed by atoms with van der Waals surface area (Å²) in [5.74, 6) is 1.23. The summed E-state index contributed by atoms with van der Waals surface area (Å²) in [5, 5.41) is 7.77. The molecule has 0 bridgehead atoms. The molecule has 0 unspecified atom stereocenters. The van der Waals surface area contributed by atoms with E-state index in [4.69, 9.17) is 9.84 Å². The van der Waals surface area contributed by atoms with Crippen LogP contribution in [0.2, 0.25) is 0 Å². The molecule has 1 saturated heterocycles. The lowest BCUT2D eigenvalue weighted by Crippen LogP contribution is -2.53. The van der Waals surface area contributed by atoms with E-state index in [2.05, 4.69) is 37.9 Å². The highest BCUT2D eigenvalue weighted by atomic mass is 16.5. The van der Waals surface area contributed by atoms with E-state index in [-0.39, 0.29) is 17.5 Å². The highest BCUT2D eigenvalue weighted by Crippen LogP contribution is 2.32. The number of carbonyl (C=O) groups excluding carboxylic acids is 1. The normalized spacial score (nSPS) is 29.5. The van der Waals surface area contributed by atoms with E-state index < -0.39 is 0 Å². The second kappa shape index (κ2) is 5.02. The van der Waals surface area contributed by atoms with E-state index >= 15 is 0 Å². The summed E-state index contributed by atoms with van der Waals surface area (Å²) in [4.78, 5) is 14.4. The predicted molar refractivity (Wildman–Crippen MR) is 80.7 cm³/mol. The van der Waals surface area contributed by atoms with Crippen molar-refractivity contribution in [2.75, 3.05) is 31.2 Å². The molecule has 116 valence electrons. The fourth-order valence-corrected chi connectivity index (χ4v) is 3.00. The standard InChI is InChI=1S/C15H24N4O2/c1-10(2)15(4)9-16-14(20)12-7-13(17-19(12)15)18-5-6-21-8-11(18)3/h7,10-11H,5-6,8-9H2,1-4H3,(H,16,20)/t11-,15-/m1/s1. The molecule has 1 amide bonds. The largest absolute Gasteiger partial charge is 0.377 e. The van der Waals surface area contributed by atoms with Crippen LogP contribution in [0.3, 0.4) is 0 Å². The Morgan fingerprint density at radius 2 is 2.29 bits per heavy atom. The number of hydrogen-bond donors (Lipinski definition) is 1. The van der Waals surface area contributed by atoms with Gasteiger partial charge in [-0.15, -0.1) is 0 Å². The third kappa shape index (κ3) is 2.21. The number of hydrogen-bond acceptors (Lipinski definition) is 4. The van der Waals surface area contributed by atoms with Gasteiger partial charge in [0.2, 0.25) is 0 Å². The van der Waals surface area contributed by atoms with Crippen molar-refractivity contribution < 1.29 is 9.53 Å². The number of anilines is 1. The molecule has 2 aliphatic heterocycles. The average Bonchev–Trinajstić information content (AvgIpc) is 2.90. The molecule has 3 heterocycles. The summed E-state index contributed by atoms with van der Waals surface area (Å²) in [7, 11) is 0. The molecule has 0 radical (unpaired) electrons. The van der Waals surface area contributed by atoms with Gasteiger partial charge in [0.15, 0.2) is 5.82 Å². The van der Waals surface area contributed by atoms with Crippen molar-refractivity contribution in [2.24, 2.45) is 5.92 Å². The first-order valence-electron chi connectivity index (χ1n) is 7.66.